The third kappa shape index (κ3) is 1.71. The highest BCUT2D eigenvalue weighted by Crippen LogP contribution is 2.30. The first-order chi connectivity index (χ1) is 5.06. The summed E-state index contributed by atoms with van der Waals surface area (Å²) in [4.78, 5) is 4.28. The van der Waals surface area contributed by atoms with Gasteiger partial charge in [0.2, 0.25) is 0 Å². The largest absolute Gasteiger partial charge is 0.236 e. The Morgan fingerprint density at radius 1 is 1.55 bits per heavy atom. The third-order valence-corrected chi connectivity index (χ3v) is 2.73. The Kier molecular flexibility index (Phi) is 2.18. The van der Waals surface area contributed by atoms with E-state index in [9.17, 15) is 0 Å². The minimum absolute atomic E-state index is 0.0481. The van der Waals surface area contributed by atoms with Crippen molar-refractivity contribution in [1.82, 2.24) is 0 Å². The molecule has 0 saturated heterocycles. The van der Waals surface area contributed by atoms with Crippen LogP contribution in [0.25, 0.3) is 0 Å². The van der Waals surface area contributed by atoms with Gasteiger partial charge < -0.3 is 0 Å². The van der Waals surface area contributed by atoms with Crippen LogP contribution in [0.1, 0.15) is 20.8 Å². The fourth-order valence-electron chi connectivity index (χ4n) is 0.637. The minimum atomic E-state index is 0.0481. The average molecular weight is 168 g/mol. The Balaban J connectivity index is 2.91. The van der Waals surface area contributed by atoms with E-state index >= 15 is 0 Å². The van der Waals surface area contributed by atoms with Gasteiger partial charge in [-0.1, -0.05) is 6.58 Å². The first kappa shape index (κ1) is 8.53. The summed E-state index contributed by atoms with van der Waals surface area (Å²) in [5.74, 6) is 0.729. The highest BCUT2D eigenvalue weighted by molar-refractivity contribution is 8.00. The summed E-state index contributed by atoms with van der Waals surface area (Å²) in [5, 5.41) is 0. The van der Waals surface area contributed by atoms with Crippen LogP contribution in [0.2, 0.25) is 0 Å². The molecule has 0 spiro atoms. The first-order valence-electron chi connectivity index (χ1n) is 3.50. The second-order valence-electron chi connectivity index (χ2n) is 2.95. The molecule has 0 unspecified atom stereocenters. The maximum Gasteiger partial charge on any atom is 0.159 e. The highest BCUT2D eigenvalue weighted by Gasteiger charge is 2.25. The van der Waals surface area contributed by atoms with Crippen molar-refractivity contribution >= 4 is 23.5 Å². The van der Waals surface area contributed by atoms with Crippen molar-refractivity contribution in [3.05, 3.63) is 12.7 Å². The molecule has 1 aliphatic rings. The van der Waals surface area contributed by atoms with Crippen LogP contribution in [-0.2, 0) is 0 Å². The molecule has 0 atom stereocenters. The van der Waals surface area contributed by atoms with E-state index in [0.717, 1.165) is 11.5 Å². The summed E-state index contributed by atoms with van der Waals surface area (Å²) in [7, 11) is 0. The van der Waals surface area contributed by atoms with E-state index in [1.807, 2.05) is 6.92 Å². The summed E-state index contributed by atoms with van der Waals surface area (Å²) in [6.45, 7) is 9.86. The summed E-state index contributed by atoms with van der Waals surface area (Å²) >= 11 is 1.55. The van der Waals surface area contributed by atoms with Crippen molar-refractivity contribution < 1.29 is 0 Å². The van der Waals surface area contributed by atoms with Crippen LogP contribution in [0.4, 0.5) is 0 Å². The number of hydrogen-bond donors (Lipinski definition) is 0. The maximum absolute atomic E-state index is 4.28. The second kappa shape index (κ2) is 2.81. The van der Waals surface area contributed by atoms with Crippen molar-refractivity contribution in [2.24, 2.45) is 9.39 Å². The molecule has 60 valence electrons. The van der Waals surface area contributed by atoms with Crippen molar-refractivity contribution in [3.63, 3.8) is 0 Å². The van der Waals surface area contributed by atoms with E-state index in [-0.39, 0.29) is 4.75 Å². The third-order valence-electron chi connectivity index (χ3n) is 1.70. The van der Waals surface area contributed by atoms with E-state index in [1.54, 1.807) is 18.0 Å². The lowest BCUT2D eigenvalue weighted by Crippen LogP contribution is -2.27. The molecule has 0 N–H and O–H groups in total. The molecule has 0 fully saturated rings. The summed E-state index contributed by atoms with van der Waals surface area (Å²) < 4.78 is 4.23. The molecule has 0 aromatic carbocycles. The molecular formula is C8H12N2S. The zero-order chi connectivity index (χ0) is 8.48. The van der Waals surface area contributed by atoms with E-state index in [0.29, 0.717) is 0 Å². The fraction of sp³-hybridized carbons (Fsp3) is 0.500. The van der Waals surface area contributed by atoms with Gasteiger partial charge in [0.25, 0.3) is 0 Å². The number of aliphatic imine (C=N–C) groups is 1. The minimum Gasteiger partial charge on any atom is -0.236 e. The molecule has 2 nitrogen and oxygen atoms in total. The zero-order valence-electron chi connectivity index (χ0n) is 7.09. The lowest BCUT2D eigenvalue weighted by molar-refractivity contribution is 0.941. The topological polar surface area (TPSA) is 24.7 Å². The van der Waals surface area contributed by atoms with Gasteiger partial charge in [0.05, 0.1) is 4.75 Å². The van der Waals surface area contributed by atoms with E-state index in [2.05, 4.69) is 29.8 Å². The molecule has 11 heavy (non-hydrogen) atoms. The number of amidine groups is 1. The lowest BCUT2D eigenvalue weighted by Gasteiger charge is -2.24. The average Bonchev–Trinajstić information content (AvgIpc) is 1.95. The van der Waals surface area contributed by atoms with Crippen LogP contribution in [0, 0.1) is 0 Å². The molecule has 0 radical (unpaired) electrons. The molecule has 1 heterocycles. The first-order valence-corrected chi connectivity index (χ1v) is 4.28. The molecule has 3 heteroatoms. The molecule has 0 aromatic rings. The Morgan fingerprint density at radius 2 is 2.18 bits per heavy atom. The molecule has 0 bridgehead atoms. The number of rotatable bonds is 1. The monoisotopic (exact) mass is 168 g/mol. The predicted octanol–water partition coefficient (Wildman–Crippen LogP) is 2.47. The normalized spacial score (nSPS) is 22.1. The van der Waals surface area contributed by atoms with Crippen molar-refractivity contribution in [1.29, 1.82) is 0 Å². The van der Waals surface area contributed by atoms with Crippen LogP contribution < -0.4 is 0 Å². The van der Waals surface area contributed by atoms with Crippen LogP contribution in [0.5, 0.6) is 0 Å². The fourth-order valence-corrected chi connectivity index (χ4v) is 1.25. The van der Waals surface area contributed by atoms with Crippen LogP contribution >= 0.6 is 11.9 Å². The van der Waals surface area contributed by atoms with Gasteiger partial charge in [0.15, 0.2) is 5.84 Å². The Hall–Kier alpha value is -0.570. The number of nitrogens with zero attached hydrogens (tertiary/aromatic N) is 2. The number of hydrogen-bond acceptors (Lipinski definition) is 3. The van der Waals surface area contributed by atoms with E-state index in [4.69, 9.17) is 0 Å². The van der Waals surface area contributed by atoms with Gasteiger partial charge in [-0.2, -0.15) is 4.40 Å². The van der Waals surface area contributed by atoms with E-state index < -0.39 is 0 Å². The lowest BCUT2D eigenvalue weighted by atomic mass is 10.1. The molecule has 1 rings (SSSR count). The van der Waals surface area contributed by atoms with Crippen LogP contribution in [0.15, 0.2) is 22.0 Å². The molecular weight excluding hydrogens is 156 g/mol. The molecule has 0 aromatic heterocycles. The Morgan fingerprint density at radius 3 is 2.64 bits per heavy atom. The highest BCUT2D eigenvalue weighted by atomic mass is 32.2. The van der Waals surface area contributed by atoms with Crippen molar-refractivity contribution in [3.8, 4) is 0 Å². The summed E-state index contributed by atoms with van der Waals surface area (Å²) in [6.07, 6.45) is 1.67. The van der Waals surface area contributed by atoms with Crippen LogP contribution in [0.3, 0.4) is 0 Å². The quantitative estimate of drug-likeness (QED) is 0.552. The van der Waals surface area contributed by atoms with Gasteiger partial charge in [0.1, 0.15) is 0 Å². The Bertz CT molecular complexity index is 238. The molecule has 1 aliphatic heterocycles. The van der Waals surface area contributed by atoms with Gasteiger partial charge in [-0.05, 0) is 38.8 Å². The predicted molar refractivity (Wildman–Crippen MR) is 52.4 cm³/mol. The summed E-state index contributed by atoms with van der Waals surface area (Å²) in [6, 6.07) is 0. The second-order valence-corrected chi connectivity index (χ2v) is 4.34. The van der Waals surface area contributed by atoms with Gasteiger partial charge >= 0.3 is 0 Å². The van der Waals surface area contributed by atoms with Gasteiger partial charge in [0, 0.05) is 5.71 Å². The van der Waals surface area contributed by atoms with Crippen molar-refractivity contribution in [2.75, 3.05) is 0 Å². The van der Waals surface area contributed by atoms with Gasteiger partial charge in [-0.15, -0.1) is 0 Å². The SMILES string of the molecule is C=CC1=NSC(C)(C)C(C)=N1. The van der Waals surface area contributed by atoms with E-state index in [1.165, 1.54) is 0 Å². The van der Waals surface area contributed by atoms with Crippen LogP contribution in [-0.4, -0.2) is 16.3 Å². The maximum atomic E-state index is 4.28. The molecule has 0 amide bonds. The standard InChI is InChI=1S/C8H12N2S/c1-5-7-9-6(2)8(3,4)11-10-7/h5H,1H2,2-4H3. The zero-order valence-corrected chi connectivity index (χ0v) is 7.90. The molecule has 0 aliphatic carbocycles. The molecule has 0 saturated carbocycles. The van der Waals surface area contributed by atoms with Crippen molar-refractivity contribution in [2.45, 2.75) is 25.5 Å². The Labute approximate surface area is 71.6 Å². The van der Waals surface area contributed by atoms with Gasteiger partial charge in [-0.25, -0.2) is 4.99 Å². The smallest absolute Gasteiger partial charge is 0.159 e. The van der Waals surface area contributed by atoms with Gasteiger partial charge in [-0.3, -0.25) is 0 Å². The summed E-state index contributed by atoms with van der Waals surface area (Å²) in [5.41, 5.74) is 1.10.